The van der Waals surface area contributed by atoms with Gasteiger partial charge in [-0.05, 0) is 55.0 Å². The monoisotopic (exact) mass is 239 g/mol. The van der Waals surface area contributed by atoms with Gasteiger partial charge >= 0.3 is 0 Å². The van der Waals surface area contributed by atoms with E-state index in [0.717, 1.165) is 12.0 Å². The lowest BCUT2D eigenvalue weighted by Crippen LogP contribution is -2.29. The molecule has 94 valence electrons. The minimum atomic E-state index is 0.733. The molecule has 0 aromatic heterocycles. The van der Waals surface area contributed by atoms with E-state index >= 15 is 0 Å². The molecule has 1 saturated carbocycles. The van der Waals surface area contributed by atoms with Gasteiger partial charge in [0.15, 0.2) is 0 Å². The van der Waals surface area contributed by atoms with Gasteiger partial charge in [-0.15, -0.1) is 0 Å². The summed E-state index contributed by atoms with van der Waals surface area (Å²) in [5.41, 5.74) is 1.56. The van der Waals surface area contributed by atoms with Gasteiger partial charge in [-0.1, -0.05) is 42.5 Å². The maximum absolute atomic E-state index is 3.41. The maximum Gasteiger partial charge on any atom is 0.00644 e. The Morgan fingerprint density at radius 1 is 0.889 bits per heavy atom. The summed E-state index contributed by atoms with van der Waals surface area (Å²) in [6, 6.07) is 16.3. The highest BCUT2D eigenvalue weighted by atomic mass is 14.9. The first-order valence-corrected chi connectivity index (χ1v) is 7.03. The Bertz CT molecular complexity index is 519. The topological polar surface area (TPSA) is 12.0 Å². The number of benzene rings is 2. The Kier molecular flexibility index (Phi) is 3.33. The largest absolute Gasteiger partial charge is 0.317 e. The standard InChI is InChI=1S/C17H21N/c1-18-15-11-9-14(10-12-15)17-8-4-6-13-5-2-3-7-16(13)17/h2-8,14-15,18H,9-12H2,1H3. The molecule has 18 heavy (non-hydrogen) atoms. The SMILES string of the molecule is CNC1CCC(c2cccc3ccccc23)CC1. The van der Waals surface area contributed by atoms with Crippen molar-refractivity contribution in [2.45, 2.75) is 37.6 Å². The summed E-state index contributed by atoms with van der Waals surface area (Å²) < 4.78 is 0. The molecule has 0 bridgehead atoms. The van der Waals surface area contributed by atoms with Gasteiger partial charge in [0.25, 0.3) is 0 Å². The molecule has 0 unspecified atom stereocenters. The summed E-state index contributed by atoms with van der Waals surface area (Å²) in [6.45, 7) is 0. The van der Waals surface area contributed by atoms with E-state index in [1.807, 2.05) is 0 Å². The lowest BCUT2D eigenvalue weighted by atomic mass is 9.80. The average molecular weight is 239 g/mol. The first-order valence-electron chi connectivity index (χ1n) is 7.03. The van der Waals surface area contributed by atoms with Crippen LogP contribution in [-0.4, -0.2) is 13.1 Å². The maximum atomic E-state index is 3.41. The summed E-state index contributed by atoms with van der Waals surface area (Å²) in [6.07, 6.45) is 5.26. The molecule has 1 heteroatoms. The zero-order valence-electron chi connectivity index (χ0n) is 11.0. The van der Waals surface area contributed by atoms with Crippen molar-refractivity contribution in [1.29, 1.82) is 0 Å². The molecule has 1 fully saturated rings. The fourth-order valence-corrected chi connectivity index (χ4v) is 3.30. The second kappa shape index (κ2) is 5.11. The van der Waals surface area contributed by atoms with Crippen LogP contribution in [0.4, 0.5) is 0 Å². The summed E-state index contributed by atoms with van der Waals surface area (Å²) in [7, 11) is 2.09. The fourth-order valence-electron chi connectivity index (χ4n) is 3.30. The number of hydrogen-bond acceptors (Lipinski definition) is 1. The zero-order chi connectivity index (χ0) is 12.4. The third-order valence-corrected chi connectivity index (χ3v) is 4.40. The first kappa shape index (κ1) is 11.7. The third kappa shape index (κ3) is 2.15. The van der Waals surface area contributed by atoms with Crippen LogP contribution in [0.25, 0.3) is 10.8 Å². The van der Waals surface area contributed by atoms with Crippen LogP contribution in [0.1, 0.15) is 37.2 Å². The van der Waals surface area contributed by atoms with E-state index in [-0.39, 0.29) is 0 Å². The van der Waals surface area contributed by atoms with Crippen LogP contribution >= 0.6 is 0 Å². The van der Waals surface area contributed by atoms with Crippen LogP contribution < -0.4 is 5.32 Å². The van der Waals surface area contributed by atoms with Crippen LogP contribution in [0.3, 0.4) is 0 Å². The van der Waals surface area contributed by atoms with Crippen molar-refractivity contribution in [3.8, 4) is 0 Å². The third-order valence-electron chi connectivity index (χ3n) is 4.40. The predicted molar refractivity (Wildman–Crippen MR) is 78.0 cm³/mol. The van der Waals surface area contributed by atoms with Gasteiger partial charge in [0, 0.05) is 6.04 Å². The van der Waals surface area contributed by atoms with Gasteiger partial charge in [-0.2, -0.15) is 0 Å². The van der Waals surface area contributed by atoms with Gasteiger partial charge < -0.3 is 5.32 Å². The second-order valence-electron chi connectivity index (χ2n) is 5.41. The summed E-state index contributed by atoms with van der Waals surface area (Å²) >= 11 is 0. The zero-order valence-corrected chi connectivity index (χ0v) is 11.0. The van der Waals surface area contributed by atoms with E-state index in [1.54, 1.807) is 5.56 Å². The van der Waals surface area contributed by atoms with Crippen molar-refractivity contribution in [2.75, 3.05) is 7.05 Å². The minimum absolute atomic E-state index is 0.733. The minimum Gasteiger partial charge on any atom is -0.317 e. The molecule has 0 heterocycles. The lowest BCUT2D eigenvalue weighted by molar-refractivity contribution is 0.360. The fraction of sp³-hybridized carbons (Fsp3) is 0.412. The quantitative estimate of drug-likeness (QED) is 0.832. The summed E-state index contributed by atoms with van der Waals surface area (Å²) in [5.74, 6) is 0.751. The number of fused-ring (bicyclic) bond motifs is 1. The Labute approximate surface area is 109 Å². The average Bonchev–Trinajstić information content (AvgIpc) is 2.47. The molecule has 1 N–H and O–H groups in total. The highest BCUT2D eigenvalue weighted by molar-refractivity contribution is 5.86. The van der Waals surface area contributed by atoms with Crippen LogP contribution in [-0.2, 0) is 0 Å². The van der Waals surface area contributed by atoms with Gasteiger partial charge in [0.1, 0.15) is 0 Å². The van der Waals surface area contributed by atoms with Gasteiger partial charge in [0.2, 0.25) is 0 Å². The summed E-state index contributed by atoms with van der Waals surface area (Å²) in [4.78, 5) is 0. The molecule has 3 rings (SSSR count). The Balaban J connectivity index is 1.91. The van der Waals surface area contributed by atoms with Gasteiger partial charge in [-0.25, -0.2) is 0 Å². The molecule has 2 aromatic rings. The molecule has 0 spiro atoms. The molecule has 1 nitrogen and oxygen atoms in total. The van der Waals surface area contributed by atoms with Crippen LogP contribution in [0.5, 0.6) is 0 Å². The summed E-state index contributed by atoms with van der Waals surface area (Å²) in [5, 5.41) is 6.25. The van der Waals surface area contributed by atoms with E-state index in [9.17, 15) is 0 Å². The lowest BCUT2D eigenvalue weighted by Gasteiger charge is -2.29. The molecule has 0 amide bonds. The molecule has 2 aromatic carbocycles. The van der Waals surface area contributed by atoms with E-state index in [1.165, 1.54) is 36.5 Å². The molecule has 1 aliphatic carbocycles. The number of rotatable bonds is 2. The number of nitrogens with one attached hydrogen (secondary N) is 1. The van der Waals surface area contributed by atoms with E-state index in [2.05, 4.69) is 54.8 Å². The molecule has 0 aliphatic heterocycles. The highest BCUT2D eigenvalue weighted by Crippen LogP contribution is 2.36. The molecule has 0 saturated heterocycles. The number of hydrogen-bond donors (Lipinski definition) is 1. The first-order chi connectivity index (χ1) is 8.88. The normalized spacial score (nSPS) is 24.3. The van der Waals surface area contributed by atoms with E-state index in [4.69, 9.17) is 0 Å². The smallest absolute Gasteiger partial charge is 0.00644 e. The van der Waals surface area contributed by atoms with Crippen LogP contribution in [0.2, 0.25) is 0 Å². The Morgan fingerprint density at radius 3 is 2.39 bits per heavy atom. The Morgan fingerprint density at radius 2 is 1.61 bits per heavy atom. The van der Waals surface area contributed by atoms with Gasteiger partial charge in [0.05, 0.1) is 0 Å². The molecular weight excluding hydrogens is 218 g/mol. The van der Waals surface area contributed by atoms with Crippen molar-refractivity contribution in [1.82, 2.24) is 5.32 Å². The highest BCUT2D eigenvalue weighted by Gasteiger charge is 2.22. The van der Waals surface area contributed by atoms with E-state index in [0.29, 0.717) is 0 Å². The molecule has 0 radical (unpaired) electrons. The predicted octanol–water partition coefficient (Wildman–Crippen LogP) is 4.09. The second-order valence-corrected chi connectivity index (χ2v) is 5.41. The Hall–Kier alpha value is -1.34. The van der Waals surface area contributed by atoms with Crippen molar-refractivity contribution in [3.05, 3.63) is 48.0 Å². The van der Waals surface area contributed by atoms with E-state index < -0.39 is 0 Å². The molecular formula is C17H21N. The molecule has 0 atom stereocenters. The van der Waals surface area contributed by atoms with Crippen molar-refractivity contribution < 1.29 is 0 Å². The van der Waals surface area contributed by atoms with Crippen molar-refractivity contribution in [3.63, 3.8) is 0 Å². The van der Waals surface area contributed by atoms with Gasteiger partial charge in [-0.3, -0.25) is 0 Å². The van der Waals surface area contributed by atoms with Crippen molar-refractivity contribution in [2.24, 2.45) is 0 Å². The van der Waals surface area contributed by atoms with Crippen LogP contribution in [0.15, 0.2) is 42.5 Å². The van der Waals surface area contributed by atoms with Crippen LogP contribution in [0, 0.1) is 0 Å². The van der Waals surface area contributed by atoms with Crippen molar-refractivity contribution >= 4 is 10.8 Å². The molecule has 1 aliphatic rings.